The Kier molecular flexibility index (Phi) is 7.83. The van der Waals surface area contributed by atoms with Crippen LogP contribution in [0.4, 0.5) is 9.59 Å². The molecular weight excluding hydrogens is 592 g/mol. The SMILES string of the molecule is O=C(CC1C(=O)OC(=O)N1C(=O)OCC1c2ccccc2-c2ccccc21)NC(c1ccccc1)(c1ccccc1)c1ccccc1. The highest BCUT2D eigenvalue weighted by atomic mass is 16.6. The topological polar surface area (TPSA) is 102 Å². The van der Waals surface area contributed by atoms with Crippen LogP contribution in [0.25, 0.3) is 11.1 Å². The Hall–Kier alpha value is -6.02. The molecule has 1 saturated heterocycles. The number of nitrogens with one attached hydrogen (secondary N) is 1. The average molecular weight is 623 g/mol. The van der Waals surface area contributed by atoms with Gasteiger partial charge in [-0.15, -0.1) is 0 Å². The summed E-state index contributed by atoms with van der Waals surface area (Å²) in [6.07, 6.45) is -2.75. The van der Waals surface area contributed by atoms with Crippen LogP contribution in [-0.4, -0.2) is 41.6 Å². The van der Waals surface area contributed by atoms with Gasteiger partial charge in [-0.05, 0) is 38.9 Å². The molecule has 2 aliphatic rings. The molecule has 1 aliphatic carbocycles. The molecule has 8 nitrogen and oxygen atoms in total. The zero-order valence-electron chi connectivity index (χ0n) is 25.2. The molecule has 3 amide bonds. The smallest absolute Gasteiger partial charge is 0.427 e. The van der Waals surface area contributed by atoms with E-state index in [1.54, 1.807) is 0 Å². The van der Waals surface area contributed by atoms with Crippen LogP contribution in [0.15, 0.2) is 140 Å². The summed E-state index contributed by atoms with van der Waals surface area (Å²) < 4.78 is 10.5. The van der Waals surface area contributed by atoms with Gasteiger partial charge in [0.1, 0.15) is 12.1 Å². The molecule has 0 bridgehead atoms. The number of esters is 1. The van der Waals surface area contributed by atoms with E-state index in [4.69, 9.17) is 9.47 Å². The minimum Gasteiger partial charge on any atom is -0.448 e. The molecule has 0 spiro atoms. The molecule has 1 unspecified atom stereocenters. The van der Waals surface area contributed by atoms with Gasteiger partial charge >= 0.3 is 18.2 Å². The second-order valence-corrected chi connectivity index (χ2v) is 11.5. The number of rotatable bonds is 8. The van der Waals surface area contributed by atoms with Crippen LogP contribution in [0, 0.1) is 0 Å². The molecule has 8 heteroatoms. The van der Waals surface area contributed by atoms with Crippen molar-refractivity contribution in [3.63, 3.8) is 0 Å². The van der Waals surface area contributed by atoms with E-state index >= 15 is 0 Å². The summed E-state index contributed by atoms with van der Waals surface area (Å²) in [4.78, 5) is 53.8. The van der Waals surface area contributed by atoms with Crippen LogP contribution in [0.2, 0.25) is 0 Å². The molecule has 5 aromatic rings. The maximum absolute atomic E-state index is 14.0. The number of hydrogen-bond acceptors (Lipinski definition) is 6. The minimum atomic E-state index is -1.50. The van der Waals surface area contributed by atoms with Gasteiger partial charge in [-0.3, -0.25) is 4.79 Å². The largest absolute Gasteiger partial charge is 0.448 e. The number of nitrogens with zero attached hydrogens (tertiary/aromatic N) is 1. The molecule has 0 saturated carbocycles. The number of benzene rings is 5. The van der Waals surface area contributed by atoms with Crippen LogP contribution in [0.1, 0.15) is 40.2 Å². The van der Waals surface area contributed by atoms with E-state index in [0.717, 1.165) is 38.9 Å². The molecule has 232 valence electrons. The van der Waals surface area contributed by atoms with Gasteiger partial charge in [0.2, 0.25) is 5.91 Å². The van der Waals surface area contributed by atoms with Gasteiger partial charge in [-0.25, -0.2) is 14.4 Å². The van der Waals surface area contributed by atoms with E-state index in [2.05, 4.69) is 5.32 Å². The van der Waals surface area contributed by atoms with E-state index in [0.29, 0.717) is 4.90 Å². The summed E-state index contributed by atoms with van der Waals surface area (Å²) in [5.74, 6) is -1.83. The number of carbonyl (C=O) groups excluding carboxylic acids is 4. The Labute approximate surface area is 271 Å². The lowest BCUT2D eigenvalue weighted by Gasteiger charge is -2.37. The number of carbonyl (C=O) groups is 4. The van der Waals surface area contributed by atoms with Crippen LogP contribution in [0.5, 0.6) is 0 Å². The molecule has 1 aliphatic heterocycles. The molecule has 5 aromatic carbocycles. The molecular formula is C39H30N2O6. The highest BCUT2D eigenvalue weighted by Gasteiger charge is 2.48. The van der Waals surface area contributed by atoms with Crippen molar-refractivity contribution in [2.75, 3.05) is 6.61 Å². The number of imide groups is 1. The summed E-state index contributed by atoms with van der Waals surface area (Å²) in [6.45, 7) is -0.0666. The van der Waals surface area contributed by atoms with E-state index in [1.807, 2.05) is 140 Å². The standard InChI is InChI=1S/C39H30N2O6/c42-35(40-39(26-14-4-1-5-15-26,27-16-6-2-7-17-27)28-18-8-3-9-19-28)24-34-36(43)47-38(45)41(34)37(44)46-25-33-31-22-12-10-20-29(31)30-21-11-13-23-32(30)33/h1-23,33-34H,24-25H2,(H,40,42). The first-order valence-electron chi connectivity index (χ1n) is 15.3. The van der Waals surface area contributed by atoms with Gasteiger partial charge in [0, 0.05) is 5.92 Å². The second-order valence-electron chi connectivity index (χ2n) is 11.5. The predicted molar refractivity (Wildman–Crippen MR) is 174 cm³/mol. The summed E-state index contributed by atoms with van der Waals surface area (Å²) in [6, 6.07) is 42.7. The lowest BCUT2D eigenvalue weighted by molar-refractivity contribution is -0.138. The van der Waals surface area contributed by atoms with Crippen LogP contribution in [0.3, 0.4) is 0 Å². The Morgan fingerprint density at radius 1 is 0.660 bits per heavy atom. The van der Waals surface area contributed by atoms with Gasteiger partial charge in [-0.1, -0.05) is 140 Å². The van der Waals surface area contributed by atoms with Crippen molar-refractivity contribution in [2.24, 2.45) is 0 Å². The predicted octanol–water partition coefficient (Wildman–Crippen LogP) is 6.78. The van der Waals surface area contributed by atoms with Crippen LogP contribution < -0.4 is 5.32 Å². The molecule has 1 heterocycles. The Morgan fingerprint density at radius 3 is 1.60 bits per heavy atom. The van der Waals surface area contributed by atoms with Crippen molar-refractivity contribution in [2.45, 2.75) is 23.9 Å². The molecule has 0 aromatic heterocycles. The number of ether oxygens (including phenoxy) is 2. The third kappa shape index (κ3) is 5.33. The first-order valence-corrected chi connectivity index (χ1v) is 15.3. The fraction of sp³-hybridized carbons (Fsp3) is 0.128. The molecule has 0 radical (unpaired) electrons. The van der Waals surface area contributed by atoms with Gasteiger partial charge < -0.3 is 14.8 Å². The molecule has 47 heavy (non-hydrogen) atoms. The van der Waals surface area contributed by atoms with Crippen molar-refractivity contribution >= 4 is 24.1 Å². The summed E-state index contributed by atoms with van der Waals surface area (Å²) in [5.41, 5.74) is 5.29. The van der Waals surface area contributed by atoms with Crippen molar-refractivity contribution in [3.05, 3.63) is 167 Å². The second kappa shape index (κ2) is 12.4. The van der Waals surface area contributed by atoms with Gasteiger partial charge in [0.25, 0.3) is 0 Å². The van der Waals surface area contributed by atoms with Gasteiger partial charge in [-0.2, -0.15) is 4.90 Å². The number of hydrogen-bond donors (Lipinski definition) is 1. The zero-order chi connectivity index (χ0) is 32.4. The summed E-state index contributed by atoms with van der Waals surface area (Å²) in [5, 5.41) is 3.16. The van der Waals surface area contributed by atoms with Crippen molar-refractivity contribution in [3.8, 4) is 11.1 Å². The van der Waals surface area contributed by atoms with Crippen LogP contribution >= 0.6 is 0 Å². The third-order valence-corrected chi connectivity index (χ3v) is 8.83. The van der Waals surface area contributed by atoms with Crippen molar-refractivity contribution < 1.29 is 28.7 Å². The van der Waals surface area contributed by atoms with Crippen molar-refractivity contribution in [1.29, 1.82) is 0 Å². The summed E-state index contributed by atoms with van der Waals surface area (Å²) in [7, 11) is 0. The van der Waals surface area contributed by atoms with E-state index in [9.17, 15) is 19.2 Å². The maximum atomic E-state index is 14.0. The highest BCUT2D eigenvalue weighted by molar-refractivity contribution is 6.05. The van der Waals surface area contributed by atoms with Gasteiger partial charge in [0.15, 0.2) is 6.04 Å². The highest BCUT2D eigenvalue weighted by Crippen LogP contribution is 2.44. The zero-order valence-corrected chi connectivity index (χ0v) is 25.2. The average Bonchev–Trinajstić information content (AvgIpc) is 3.59. The van der Waals surface area contributed by atoms with E-state index < -0.39 is 42.1 Å². The molecule has 1 fully saturated rings. The lowest BCUT2D eigenvalue weighted by Crippen LogP contribution is -2.50. The molecule has 1 N–H and O–H groups in total. The number of cyclic esters (lactones) is 2. The molecule has 1 atom stereocenters. The summed E-state index contributed by atoms with van der Waals surface area (Å²) >= 11 is 0. The Bertz CT molecular complexity index is 1820. The lowest BCUT2D eigenvalue weighted by atomic mass is 9.77. The number of amides is 3. The first-order chi connectivity index (χ1) is 23.0. The normalized spacial score (nSPS) is 15.5. The monoisotopic (exact) mass is 622 g/mol. The van der Waals surface area contributed by atoms with Crippen LogP contribution in [-0.2, 0) is 24.6 Å². The Balaban J connectivity index is 1.15. The molecule has 7 rings (SSSR count). The van der Waals surface area contributed by atoms with E-state index in [-0.39, 0.29) is 12.5 Å². The third-order valence-electron chi connectivity index (χ3n) is 8.83. The quantitative estimate of drug-likeness (QED) is 0.116. The maximum Gasteiger partial charge on any atom is 0.427 e. The fourth-order valence-corrected chi connectivity index (χ4v) is 6.69. The van der Waals surface area contributed by atoms with E-state index in [1.165, 1.54) is 0 Å². The fourth-order valence-electron chi connectivity index (χ4n) is 6.69. The Morgan fingerprint density at radius 2 is 1.11 bits per heavy atom. The minimum absolute atomic E-state index is 0.0666. The van der Waals surface area contributed by atoms with Crippen molar-refractivity contribution in [1.82, 2.24) is 10.2 Å². The number of fused-ring (bicyclic) bond motifs is 3. The first kappa shape index (κ1) is 29.7. The van der Waals surface area contributed by atoms with Gasteiger partial charge in [0.05, 0.1) is 6.42 Å².